The normalized spacial score (nSPS) is 30.5. The number of alkyl halides is 3. The number of hydrogen-bond donors (Lipinski definition) is 2. The second kappa shape index (κ2) is 11.4. The molecule has 10 heteroatoms. The third-order valence-electron chi connectivity index (χ3n) is 9.74. The molecule has 0 spiro atoms. The van der Waals surface area contributed by atoms with E-state index < -0.39 is 30.5 Å². The average molecular weight is 566 g/mol. The molecule has 0 unspecified atom stereocenters. The second-order valence-electron chi connectivity index (χ2n) is 13.8. The highest BCUT2D eigenvalue weighted by Gasteiger charge is 2.62. The Morgan fingerprint density at radius 2 is 1.68 bits per heavy atom. The molecule has 4 aliphatic rings. The summed E-state index contributed by atoms with van der Waals surface area (Å²) in [5, 5.41) is 12.6. The summed E-state index contributed by atoms with van der Waals surface area (Å²) in [5.74, 6) is 2.14. The summed E-state index contributed by atoms with van der Waals surface area (Å²) < 4.78 is 38.5. The summed E-state index contributed by atoms with van der Waals surface area (Å²) in [7, 11) is 0. The molecule has 7 nitrogen and oxygen atoms in total. The van der Waals surface area contributed by atoms with Crippen LogP contribution in [0.3, 0.4) is 0 Å². The van der Waals surface area contributed by atoms with Gasteiger partial charge >= 0.3 is 6.18 Å². The highest BCUT2D eigenvalue weighted by molar-refractivity contribution is 5.80. The van der Waals surface area contributed by atoms with Gasteiger partial charge in [0.1, 0.15) is 11.6 Å². The average Bonchev–Trinajstić information content (AvgIpc) is 2.84. The largest absolute Gasteiger partial charge is 0.417 e. The lowest BCUT2D eigenvalue weighted by molar-refractivity contribution is -0.296. The molecule has 0 radical (unpaired) electrons. The minimum absolute atomic E-state index is 0.0301. The molecule has 4 fully saturated rings. The van der Waals surface area contributed by atoms with Gasteiger partial charge in [-0.15, -0.1) is 0 Å². The fourth-order valence-electron chi connectivity index (χ4n) is 6.52. The molecule has 40 heavy (non-hydrogen) atoms. The molecule has 3 saturated carbocycles. The van der Waals surface area contributed by atoms with E-state index in [0.29, 0.717) is 11.8 Å². The van der Waals surface area contributed by atoms with Crippen molar-refractivity contribution in [3.8, 4) is 0 Å². The number of amides is 1. The van der Waals surface area contributed by atoms with E-state index in [1.807, 2.05) is 0 Å². The lowest BCUT2D eigenvalue weighted by atomic mass is 9.69. The lowest BCUT2D eigenvalue weighted by Crippen LogP contribution is -2.59. The van der Waals surface area contributed by atoms with Crippen molar-refractivity contribution in [3.63, 3.8) is 0 Å². The van der Waals surface area contributed by atoms with Crippen LogP contribution in [0.25, 0.3) is 0 Å². The summed E-state index contributed by atoms with van der Waals surface area (Å²) >= 11 is 0. The number of nitrogens with one attached hydrogen (secondary N) is 1. The highest BCUT2D eigenvalue weighted by Crippen LogP contribution is 2.48. The van der Waals surface area contributed by atoms with Crippen LogP contribution in [-0.4, -0.2) is 76.4 Å². The van der Waals surface area contributed by atoms with Crippen LogP contribution < -0.4 is 10.2 Å². The van der Waals surface area contributed by atoms with E-state index in [2.05, 4.69) is 42.0 Å². The molecule has 5 rings (SSSR count). The molecule has 0 aromatic carbocycles. The van der Waals surface area contributed by atoms with Gasteiger partial charge in [-0.3, -0.25) is 9.69 Å². The number of hydrogen-bond acceptors (Lipinski definition) is 6. The molecule has 2 heterocycles. The molecule has 1 aliphatic heterocycles. The molecular formula is C30H46F3N5O2. The standard InChI is InChI=1S/C30H46F3N5O2/c1-28(2,3)27-35-24(21-5-4-6-21)17-25(36-27)38-15-13-37(14-16-38)12-11-20-7-9-23(10-8-20)34-26(39)22-18-29(40,19-22)30(31,32)33/h17,20-23,40H,4-16,18-19H2,1-3H3,(H,34,39). The molecule has 1 aromatic rings. The number of piperazine rings is 1. The number of carbonyl (C=O) groups excluding carboxylic acids is 1. The van der Waals surface area contributed by atoms with E-state index in [4.69, 9.17) is 9.97 Å². The summed E-state index contributed by atoms with van der Waals surface area (Å²) in [6.07, 6.45) is 2.97. The minimum atomic E-state index is -4.67. The number of anilines is 1. The molecule has 1 aromatic heterocycles. The van der Waals surface area contributed by atoms with Crippen molar-refractivity contribution in [3.05, 3.63) is 17.6 Å². The van der Waals surface area contributed by atoms with Crippen LogP contribution in [-0.2, 0) is 10.2 Å². The van der Waals surface area contributed by atoms with Gasteiger partial charge < -0.3 is 15.3 Å². The van der Waals surface area contributed by atoms with Gasteiger partial charge in [0.05, 0.1) is 0 Å². The third-order valence-corrected chi connectivity index (χ3v) is 9.74. The maximum atomic E-state index is 12.8. The van der Waals surface area contributed by atoms with Gasteiger partial charge in [-0.25, -0.2) is 9.97 Å². The molecule has 0 bridgehead atoms. The molecule has 1 saturated heterocycles. The summed E-state index contributed by atoms with van der Waals surface area (Å²) in [5.41, 5.74) is -1.55. The topological polar surface area (TPSA) is 81.6 Å². The predicted octanol–water partition coefficient (Wildman–Crippen LogP) is 4.93. The van der Waals surface area contributed by atoms with E-state index in [9.17, 15) is 23.1 Å². The predicted molar refractivity (Wildman–Crippen MR) is 148 cm³/mol. The van der Waals surface area contributed by atoms with Gasteiger partial charge in [0.2, 0.25) is 5.91 Å². The zero-order valence-electron chi connectivity index (χ0n) is 24.3. The Kier molecular flexibility index (Phi) is 8.41. The van der Waals surface area contributed by atoms with Gasteiger partial charge in [0.15, 0.2) is 5.60 Å². The smallest absolute Gasteiger partial charge is 0.380 e. The first kappa shape index (κ1) is 29.5. The molecule has 3 aliphatic carbocycles. The zero-order valence-corrected chi connectivity index (χ0v) is 24.3. The van der Waals surface area contributed by atoms with E-state index in [0.717, 1.165) is 76.5 Å². The van der Waals surface area contributed by atoms with Crippen LogP contribution in [0.5, 0.6) is 0 Å². The minimum Gasteiger partial charge on any atom is -0.380 e. The molecule has 224 valence electrons. The Balaban J connectivity index is 1.02. The van der Waals surface area contributed by atoms with Gasteiger partial charge in [-0.1, -0.05) is 27.2 Å². The second-order valence-corrected chi connectivity index (χ2v) is 13.8. The van der Waals surface area contributed by atoms with E-state index in [1.54, 1.807) is 0 Å². The Morgan fingerprint density at radius 3 is 2.23 bits per heavy atom. The molecule has 2 N–H and O–H groups in total. The van der Waals surface area contributed by atoms with Crippen molar-refractivity contribution >= 4 is 11.7 Å². The van der Waals surface area contributed by atoms with Crippen molar-refractivity contribution in [2.45, 2.75) is 114 Å². The van der Waals surface area contributed by atoms with Gasteiger partial charge in [0.25, 0.3) is 0 Å². The van der Waals surface area contributed by atoms with Crippen molar-refractivity contribution < 1.29 is 23.1 Å². The lowest BCUT2D eigenvalue weighted by Gasteiger charge is -2.44. The maximum absolute atomic E-state index is 12.8. The molecular weight excluding hydrogens is 519 g/mol. The first-order valence-corrected chi connectivity index (χ1v) is 15.3. The fourth-order valence-corrected chi connectivity index (χ4v) is 6.52. The number of nitrogens with zero attached hydrogens (tertiary/aromatic N) is 4. The molecule has 1 amide bonds. The SMILES string of the molecule is CC(C)(C)c1nc(C2CCC2)cc(N2CCN(CCC3CCC(NC(=O)C4CC(O)(C(F)(F)F)C4)CC3)CC2)n1. The number of aromatic nitrogens is 2. The third kappa shape index (κ3) is 6.58. The number of rotatable bonds is 7. The monoisotopic (exact) mass is 565 g/mol. The van der Waals surface area contributed by atoms with Crippen LogP contribution in [0, 0.1) is 11.8 Å². The first-order valence-electron chi connectivity index (χ1n) is 15.3. The van der Waals surface area contributed by atoms with E-state index in [1.165, 1.54) is 25.0 Å². The van der Waals surface area contributed by atoms with Crippen molar-refractivity contribution in [1.82, 2.24) is 20.2 Å². The van der Waals surface area contributed by atoms with Crippen LogP contribution in [0.1, 0.15) is 102 Å². The van der Waals surface area contributed by atoms with E-state index >= 15 is 0 Å². The summed E-state index contributed by atoms with van der Waals surface area (Å²) in [6.45, 7) is 11.6. The van der Waals surface area contributed by atoms with Crippen LogP contribution in [0.15, 0.2) is 6.07 Å². The first-order chi connectivity index (χ1) is 18.8. The van der Waals surface area contributed by atoms with Crippen molar-refractivity contribution in [1.29, 1.82) is 0 Å². The van der Waals surface area contributed by atoms with E-state index in [-0.39, 0.29) is 17.4 Å². The number of carbonyl (C=O) groups is 1. The Hall–Kier alpha value is -1.94. The quantitative estimate of drug-likeness (QED) is 0.488. The fraction of sp³-hybridized carbons (Fsp3) is 0.833. The van der Waals surface area contributed by atoms with Crippen molar-refractivity contribution in [2.75, 3.05) is 37.6 Å². The van der Waals surface area contributed by atoms with Crippen LogP contribution in [0.2, 0.25) is 0 Å². The number of aliphatic hydroxyl groups is 1. The summed E-state index contributed by atoms with van der Waals surface area (Å²) in [6, 6.07) is 2.26. The van der Waals surface area contributed by atoms with Gasteiger partial charge in [-0.05, 0) is 70.3 Å². The van der Waals surface area contributed by atoms with Crippen LogP contribution in [0.4, 0.5) is 19.0 Å². The van der Waals surface area contributed by atoms with Crippen molar-refractivity contribution in [2.24, 2.45) is 11.8 Å². The Labute approximate surface area is 236 Å². The zero-order chi connectivity index (χ0) is 28.7. The molecule has 0 atom stereocenters. The van der Waals surface area contributed by atoms with Gasteiger partial charge in [-0.2, -0.15) is 13.2 Å². The number of halogens is 3. The Bertz CT molecular complexity index is 1030. The maximum Gasteiger partial charge on any atom is 0.417 e. The highest BCUT2D eigenvalue weighted by atomic mass is 19.4. The Morgan fingerprint density at radius 1 is 1.02 bits per heavy atom. The summed E-state index contributed by atoms with van der Waals surface area (Å²) in [4.78, 5) is 27.3. The van der Waals surface area contributed by atoms with Gasteiger partial charge in [0, 0.05) is 61.2 Å². The van der Waals surface area contributed by atoms with Crippen LogP contribution >= 0.6 is 0 Å².